The number of nitro groups is 1. The molecule has 0 saturated carbocycles. The van der Waals surface area contributed by atoms with Crippen LogP contribution in [-0.2, 0) is 6.61 Å². The molecule has 0 aliphatic heterocycles. The first-order valence-corrected chi connectivity index (χ1v) is 9.50. The zero-order chi connectivity index (χ0) is 21.8. The van der Waals surface area contributed by atoms with Gasteiger partial charge in [-0.15, -0.1) is 0 Å². The van der Waals surface area contributed by atoms with E-state index in [-0.39, 0.29) is 18.0 Å². The van der Waals surface area contributed by atoms with Crippen molar-refractivity contribution in [3.8, 4) is 11.5 Å². The van der Waals surface area contributed by atoms with Crippen molar-refractivity contribution in [1.29, 1.82) is 0 Å². The van der Waals surface area contributed by atoms with Gasteiger partial charge in [-0.3, -0.25) is 15.1 Å². The predicted molar refractivity (Wildman–Crippen MR) is 116 cm³/mol. The molecule has 10 heteroatoms. The summed E-state index contributed by atoms with van der Waals surface area (Å²) in [6.07, 6.45) is 3.06. The van der Waals surface area contributed by atoms with Crippen LogP contribution in [0.3, 0.4) is 0 Å². The van der Waals surface area contributed by atoms with E-state index in [1.165, 1.54) is 19.5 Å². The molecule has 0 radical (unpaired) electrons. The van der Waals surface area contributed by atoms with Gasteiger partial charge in [-0.25, -0.2) is 9.97 Å². The average Bonchev–Trinajstić information content (AvgIpc) is 2.78. The SMILES string of the molecule is COc1c([N+](=O)[O-])ccc2ncnc(Nc3ccc(OCc4ccccn4)c(Cl)c3)c12. The molecular formula is C21H16ClN5O4. The fraction of sp³-hybridized carbons (Fsp3) is 0.0952. The molecule has 0 amide bonds. The summed E-state index contributed by atoms with van der Waals surface area (Å²) in [5.41, 5.74) is 1.72. The Morgan fingerprint density at radius 1 is 1.13 bits per heavy atom. The second-order valence-corrected chi connectivity index (χ2v) is 6.78. The number of halogens is 1. The van der Waals surface area contributed by atoms with Crippen molar-refractivity contribution >= 4 is 39.7 Å². The second-order valence-electron chi connectivity index (χ2n) is 6.37. The molecule has 0 fully saturated rings. The fourth-order valence-electron chi connectivity index (χ4n) is 3.02. The smallest absolute Gasteiger partial charge is 0.311 e. The first-order chi connectivity index (χ1) is 15.1. The van der Waals surface area contributed by atoms with Crippen LogP contribution >= 0.6 is 11.6 Å². The molecule has 2 heterocycles. The van der Waals surface area contributed by atoms with Crippen molar-refractivity contribution < 1.29 is 14.4 Å². The van der Waals surface area contributed by atoms with Crippen molar-refractivity contribution in [2.45, 2.75) is 6.61 Å². The van der Waals surface area contributed by atoms with E-state index in [9.17, 15) is 10.1 Å². The molecule has 0 aliphatic rings. The zero-order valence-electron chi connectivity index (χ0n) is 16.3. The van der Waals surface area contributed by atoms with Gasteiger partial charge in [-0.05, 0) is 36.4 Å². The first-order valence-electron chi connectivity index (χ1n) is 9.12. The molecule has 4 rings (SSSR count). The Hall–Kier alpha value is -3.98. The van der Waals surface area contributed by atoms with Crippen LogP contribution in [0.2, 0.25) is 5.02 Å². The summed E-state index contributed by atoms with van der Waals surface area (Å²) in [6, 6.07) is 13.6. The van der Waals surface area contributed by atoms with E-state index >= 15 is 0 Å². The van der Waals surface area contributed by atoms with E-state index < -0.39 is 4.92 Å². The van der Waals surface area contributed by atoms with Crippen LogP contribution in [0.5, 0.6) is 11.5 Å². The minimum absolute atomic E-state index is 0.0759. The highest BCUT2D eigenvalue weighted by atomic mass is 35.5. The summed E-state index contributed by atoms with van der Waals surface area (Å²) in [5.74, 6) is 0.925. The van der Waals surface area contributed by atoms with Gasteiger partial charge >= 0.3 is 5.69 Å². The number of pyridine rings is 1. The molecule has 4 aromatic rings. The highest BCUT2D eigenvalue weighted by Crippen LogP contribution is 2.39. The number of anilines is 2. The standard InChI is InChI=1S/C21H16ClN5O4/c1-30-20-17(27(28)29)7-6-16-19(20)21(25-12-24-16)26-13-5-8-18(15(22)10-13)31-11-14-4-2-3-9-23-14/h2-10,12H,11H2,1H3,(H,24,25,26). The number of aromatic nitrogens is 3. The molecule has 31 heavy (non-hydrogen) atoms. The lowest BCUT2D eigenvalue weighted by Crippen LogP contribution is -2.01. The summed E-state index contributed by atoms with van der Waals surface area (Å²) < 4.78 is 11.0. The van der Waals surface area contributed by atoms with Gasteiger partial charge in [0.25, 0.3) is 0 Å². The van der Waals surface area contributed by atoms with E-state index in [4.69, 9.17) is 21.1 Å². The number of hydrogen-bond donors (Lipinski definition) is 1. The molecule has 0 saturated heterocycles. The number of nitro benzene ring substituents is 1. The summed E-state index contributed by atoms with van der Waals surface area (Å²) in [5, 5.41) is 15.3. The van der Waals surface area contributed by atoms with Crippen LogP contribution in [0, 0.1) is 10.1 Å². The minimum atomic E-state index is -0.514. The molecule has 9 nitrogen and oxygen atoms in total. The lowest BCUT2D eigenvalue weighted by molar-refractivity contribution is -0.385. The van der Waals surface area contributed by atoms with Crippen LogP contribution in [0.25, 0.3) is 10.9 Å². The van der Waals surface area contributed by atoms with Crippen molar-refractivity contribution in [2.75, 3.05) is 12.4 Å². The molecule has 2 aromatic heterocycles. The molecule has 0 atom stereocenters. The van der Waals surface area contributed by atoms with E-state index in [2.05, 4.69) is 20.3 Å². The molecule has 1 N–H and O–H groups in total. The Kier molecular flexibility index (Phi) is 5.76. The molecule has 156 valence electrons. The van der Waals surface area contributed by atoms with Crippen LogP contribution in [-0.4, -0.2) is 27.0 Å². The van der Waals surface area contributed by atoms with Crippen molar-refractivity contribution in [3.63, 3.8) is 0 Å². The number of nitrogens with one attached hydrogen (secondary N) is 1. The van der Waals surface area contributed by atoms with Crippen molar-refractivity contribution in [2.24, 2.45) is 0 Å². The number of fused-ring (bicyclic) bond motifs is 1. The summed E-state index contributed by atoms with van der Waals surface area (Å²) in [6.45, 7) is 0.282. The monoisotopic (exact) mass is 437 g/mol. The van der Waals surface area contributed by atoms with Crippen molar-refractivity contribution in [3.05, 3.63) is 81.9 Å². The minimum Gasteiger partial charge on any atom is -0.490 e. The average molecular weight is 438 g/mol. The number of methoxy groups -OCH3 is 1. The van der Waals surface area contributed by atoms with Gasteiger partial charge in [0.1, 0.15) is 24.5 Å². The zero-order valence-corrected chi connectivity index (χ0v) is 17.0. The Labute approximate surface area is 181 Å². The highest BCUT2D eigenvalue weighted by Gasteiger charge is 2.21. The van der Waals surface area contributed by atoms with Crippen LogP contribution in [0.15, 0.2) is 61.1 Å². The maximum absolute atomic E-state index is 11.4. The van der Waals surface area contributed by atoms with Crippen molar-refractivity contribution in [1.82, 2.24) is 15.0 Å². The maximum Gasteiger partial charge on any atom is 0.311 e. The molecular weight excluding hydrogens is 422 g/mol. The topological polar surface area (TPSA) is 112 Å². The van der Waals surface area contributed by atoms with E-state index in [1.54, 1.807) is 30.5 Å². The van der Waals surface area contributed by atoms with E-state index in [1.807, 2.05) is 18.2 Å². The number of hydrogen-bond acceptors (Lipinski definition) is 8. The molecule has 0 spiro atoms. The Balaban J connectivity index is 1.62. The van der Waals surface area contributed by atoms with Gasteiger partial charge < -0.3 is 14.8 Å². The predicted octanol–water partition coefficient (Wildman–Crippen LogP) is 4.92. The number of benzene rings is 2. The van der Waals surface area contributed by atoms with E-state index in [0.717, 1.165) is 5.69 Å². The third kappa shape index (κ3) is 4.31. The Bertz CT molecular complexity index is 1250. The molecule has 0 aliphatic carbocycles. The van der Waals surface area contributed by atoms with Gasteiger partial charge in [-0.2, -0.15) is 0 Å². The van der Waals surface area contributed by atoms with Gasteiger partial charge in [0.15, 0.2) is 0 Å². The first kappa shape index (κ1) is 20.3. The molecule has 0 unspecified atom stereocenters. The van der Waals surface area contributed by atoms with Gasteiger partial charge in [-0.1, -0.05) is 17.7 Å². The second kappa shape index (κ2) is 8.80. The van der Waals surface area contributed by atoms with Gasteiger partial charge in [0.05, 0.1) is 33.7 Å². The molecule has 2 aromatic carbocycles. The fourth-order valence-corrected chi connectivity index (χ4v) is 3.26. The quantitative estimate of drug-likeness (QED) is 0.320. The largest absolute Gasteiger partial charge is 0.490 e. The van der Waals surface area contributed by atoms with E-state index in [0.29, 0.717) is 33.2 Å². The lowest BCUT2D eigenvalue weighted by atomic mass is 10.1. The van der Waals surface area contributed by atoms with Crippen LogP contribution < -0.4 is 14.8 Å². The number of ether oxygens (including phenoxy) is 2. The molecule has 0 bridgehead atoms. The lowest BCUT2D eigenvalue weighted by Gasteiger charge is -2.13. The number of rotatable bonds is 7. The van der Waals surface area contributed by atoms with Crippen LogP contribution in [0.1, 0.15) is 5.69 Å². The Morgan fingerprint density at radius 3 is 2.71 bits per heavy atom. The van der Waals surface area contributed by atoms with Gasteiger partial charge in [0.2, 0.25) is 5.75 Å². The summed E-state index contributed by atoms with van der Waals surface area (Å²) in [4.78, 5) is 23.5. The maximum atomic E-state index is 11.4. The van der Waals surface area contributed by atoms with Crippen LogP contribution in [0.4, 0.5) is 17.2 Å². The third-order valence-electron chi connectivity index (χ3n) is 4.43. The van der Waals surface area contributed by atoms with Gasteiger partial charge in [0, 0.05) is 18.0 Å². The summed E-state index contributed by atoms with van der Waals surface area (Å²) >= 11 is 6.37. The highest BCUT2D eigenvalue weighted by molar-refractivity contribution is 6.32. The normalized spacial score (nSPS) is 10.6. The number of nitrogens with zero attached hydrogens (tertiary/aromatic N) is 4. The summed E-state index contributed by atoms with van der Waals surface area (Å²) in [7, 11) is 1.36. The third-order valence-corrected chi connectivity index (χ3v) is 4.73. The Morgan fingerprint density at radius 2 is 2.00 bits per heavy atom.